The van der Waals surface area contributed by atoms with Crippen molar-refractivity contribution >= 4 is 83.1 Å². The largest absolute Gasteiger partial charge is 0.370 e. The number of nitrogens with one attached hydrogen (secondary N) is 6. The smallest absolute Gasteiger partial charge is 0.243 e. The SMILES string of the molecule is NC(=O)[C@H](CCCN=C(N)N)NC(=O)C(CCCN=C(N)N)NC(=O)[C@H](CCCN=C(N)N)NC(=O)C(CCCN=C(N)N)NC(=O)[C@H](CCCN=C(N)N)NC(=O)C(CCCN=C(N)N)NC(=O)[C@@H](N)CCCN=C(N)N. The summed E-state index contributed by atoms with van der Waals surface area (Å²) >= 11 is 0. The quantitative estimate of drug-likeness (QED) is 0.0154. The van der Waals surface area contributed by atoms with Crippen molar-refractivity contribution in [3.63, 3.8) is 0 Å². The lowest BCUT2D eigenvalue weighted by Crippen LogP contribution is -2.60. The minimum Gasteiger partial charge on any atom is -0.370 e. The number of carbonyl (C=O) groups is 7. The van der Waals surface area contributed by atoms with Crippen molar-refractivity contribution in [1.29, 1.82) is 0 Å². The number of rotatable bonds is 41. The van der Waals surface area contributed by atoms with Gasteiger partial charge in [-0.05, 0) is 89.9 Å². The number of nitrogens with zero attached hydrogens (tertiary/aromatic N) is 7. The average Bonchev–Trinajstić information content (AvgIpc) is 3.34. The number of guanidine groups is 7. The van der Waals surface area contributed by atoms with Gasteiger partial charge in [-0.1, -0.05) is 0 Å². The first-order valence-electron chi connectivity index (χ1n) is 25.0. The summed E-state index contributed by atoms with van der Waals surface area (Å²) in [7, 11) is 0. The van der Waals surface area contributed by atoms with Crippen LogP contribution in [0.1, 0.15) is 89.9 Å². The Balaban J connectivity index is 7.16. The molecule has 0 aromatic rings. The second-order valence-electron chi connectivity index (χ2n) is 17.5. The maximum absolute atomic E-state index is 14.4. The van der Waals surface area contributed by atoms with E-state index >= 15 is 0 Å². The molecule has 0 saturated carbocycles. The van der Waals surface area contributed by atoms with E-state index in [1.807, 2.05) is 0 Å². The first-order chi connectivity index (χ1) is 36.7. The lowest BCUT2D eigenvalue weighted by Gasteiger charge is -2.28. The van der Waals surface area contributed by atoms with Crippen molar-refractivity contribution in [2.24, 2.45) is 127 Å². The summed E-state index contributed by atoms with van der Waals surface area (Å²) in [6, 6.07) is -9.22. The van der Waals surface area contributed by atoms with Crippen LogP contribution in [-0.4, -0.2) is 171 Å². The van der Waals surface area contributed by atoms with Crippen LogP contribution in [0.5, 0.6) is 0 Å². The highest BCUT2D eigenvalue weighted by atomic mass is 16.2. The molecule has 0 aliphatic carbocycles. The fraction of sp³-hybridized carbons (Fsp3) is 0.667. The molecule has 7 amide bonds. The van der Waals surface area contributed by atoms with Crippen molar-refractivity contribution in [1.82, 2.24) is 31.9 Å². The fourth-order valence-electron chi connectivity index (χ4n) is 6.94. The van der Waals surface area contributed by atoms with E-state index in [2.05, 4.69) is 66.8 Å². The van der Waals surface area contributed by atoms with Crippen LogP contribution in [0.25, 0.3) is 0 Å². The van der Waals surface area contributed by atoms with E-state index in [0.29, 0.717) is 6.42 Å². The predicted octanol–water partition coefficient (Wildman–Crippen LogP) is -10.9. The van der Waals surface area contributed by atoms with E-state index in [1.165, 1.54) is 0 Å². The molecule has 78 heavy (non-hydrogen) atoms. The van der Waals surface area contributed by atoms with Crippen LogP contribution in [0, 0.1) is 0 Å². The second kappa shape index (κ2) is 39.5. The zero-order chi connectivity index (χ0) is 59.2. The van der Waals surface area contributed by atoms with Gasteiger partial charge in [-0.15, -0.1) is 0 Å². The van der Waals surface area contributed by atoms with E-state index in [0.717, 1.165) is 0 Å². The van der Waals surface area contributed by atoms with Gasteiger partial charge in [-0.2, -0.15) is 0 Å². The summed E-state index contributed by atoms with van der Waals surface area (Å²) in [5.74, 6) is -7.38. The summed E-state index contributed by atoms with van der Waals surface area (Å²) < 4.78 is 0. The Morgan fingerprint density at radius 2 is 0.423 bits per heavy atom. The molecule has 0 aliphatic rings. The minimum absolute atomic E-state index is 0.00201. The van der Waals surface area contributed by atoms with Gasteiger partial charge in [0.15, 0.2) is 41.7 Å². The van der Waals surface area contributed by atoms with Gasteiger partial charge in [0, 0.05) is 45.8 Å². The van der Waals surface area contributed by atoms with Crippen molar-refractivity contribution in [3.05, 3.63) is 0 Å². The molecule has 0 rings (SSSR count). The number of hydrogen-bond acceptors (Lipinski definition) is 15. The third kappa shape index (κ3) is 34.6. The topological polar surface area (TPSA) is 695 Å². The fourth-order valence-corrected chi connectivity index (χ4v) is 6.94. The van der Waals surface area contributed by atoms with Crippen LogP contribution >= 0.6 is 0 Å². The van der Waals surface area contributed by atoms with Crippen LogP contribution in [0.15, 0.2) is 34.9 Å². The molecule has 3 unspecified atom stereocenters. The molecule has 0 bridgehead atoms. The van der Waals surface area contributed by atoms with E-state index in [-0.39, 0.29) is 171 Å². The molecule has 7 atom stereocenters. The summed E-state index contributed by atoms with van der Waals surface area (Å²) in [4.78, 5) is 124. The highest BCUT2D eigenvalue weighted by Gasteiger charge is 2.33. The van der Waals surface area contributed by atoms with Gasteiger partial charge in [0.25, 0.3) is 0 Å². The molecule has 0 heterocycles. The van der Waals surface area contributed by atoms with Crippen molar-refractivity contribution in [2.45, 2.75) is 132 Å². The number of amides is 7. The predicted molar refractivity (Wildman–Crippen MR) is 298 cm³/mol. The van der Waals surface area contributed by atoms with Gasteiger partial charge in [-0.3, -0.25) is 68.5 Å². The Morgan fingerprint density at radius 1 is 0.256 bits per heavy atom. The third-order valence-electron chi connectivity index (χ3n) is 10.8. The Hall–Kier alpha value is -8.86. The van der Waals surface area contributed by atoms with E-state index in [4.69, 9.17) is 91.7 Å². The molecular formula is C42H87N29O7. The number of aliphatic imine (C=N–C) groups is 7. The van der Waals surface area contributed by atoms with Crippen LogP contribution < -0.4 is 124 Å². The molecule has 0 saturated heterocycles. The Labute approximate surface area is 452 Å². The van der Waals surface area contributed by atoms with Crippen LogP contribution in [0.4, 0.5) is 0 Å². The lowest BCUT2D eigenvalue weighted by atomic mass is 10.0. The van der Waals surface area contributed by atoms with Crippen LogP contribution in [-0.2, 0) is 33.6 Å². The molecule has 0 aromatic heterocycles. The van der Waals surface area contributed by atoms with Crippen molar-refractivity contribution in [2.75, 3.05) is 45.8 Å². The highest BCUT2D eigenvalue weighted by molar-refractivity contribution is 5.97. The molecule has 0 radical (unpaired) electrons. The first kappa shape index (κ1) is 69.1. The maximum Gasteiger partial charge on any atom is 0.243 e. The maximum atomic E-state index is 14.4. The number of hydrogen-bond donors (Lipinski definition) is 22. The molecule has 36 nitrogen and oxygen atoms in total. The van der Waals surface area contributed by atoms with Crippen LogP contribution in [0.3, 0.4) is 0 Å². The van der Waals surface area contributed by atoms with Gasteiger partial charge in [0.2, 0.25) is 41.4 Å². The van der Waals surface area contributed by atoms with Gasteiger partial charge >= 0.3 is 0 Å². The number of primary amides is 1. The van der Waals surface area contributed by atoms with E-state index in [9.17, 15) is 33.6 Å². The molecule has 0 fully saturated rings. The Bertz CT molecular complexity index is 2100. The molecular weight excluding hydrogens is 1020 g/mol. The standard InChI is InChI=1S/C42H87N29O7/c43-22(8-1-15-59-36(45)46)30(73)67-24(10-3-17-61-38(49)50)32(75)69-26(12-5-19-63-40(53)54)34(77)71-28(14-7-21-65-42(57)58)35(78)70-27(13-6-20-64-41(55)56)33(76)68-25(11-4-18-62-39(51)52)31(74)66-23(29(44)72)9-2-16-60-37(47)48/h22-28H,1-21,43H2,(H2,44,72)(H,66,74)(H,67,73)(H,68,76)(H,69,75)(H,70,78)(H,71,77)(H4,45,46,59)(H4,47,48,60)(H4,49,50,61)(H4,51,52,62)(H4,53,54,63)(H4,55,56,64)(H4,57,58,65)/t22-,23-,24?,25?,26-,27-,28?/m0/s1. The summed E-state index contributed by atoms with van der Waals surface area (Å²) in [5, 5.41) is 15.8. The first-order valence-corrected chi connectivity index (χ1v) is 25.0. The number of nitrogens with two attached hydrogens (primary N) is 16. The zero-order valence-electron chi connectivity index (χ0n) is 44.1. The molecule has 0 aromatic carbocycles. The molecule has 38 N–H and O–H groups in total. The highest BCUT2D eigenvalue weighted by Crippen LogP contribution is 2.10. The third-order valence-corrected chi connectivity index (χ3v) is 10.8. The van der Waals surface area contributed by atoms with Crippen molar-refractivity contribution in [3.8, 4) is 0 Å². The summed E-state index contributed by atoms with van der Waals surface area (Å²) in [5.41, 5.74) is 88.4. The van der Waals surface area contributed by atoms with Gasteiger partial charge in [-0.25, -0.2) is 0 Å². The van der Waals surface area contributed by atoms with Crippen molar-refractivity contribution < 1.29 is 33.6 Å². The summed E-state index contributed by atoms with van der Waals surface area (Å²) in [6.07, 6.45) is 0.951. The molecule has 0 aliphatic heterocycles. The average molecular weight is 1110 g/mol. The normalized spacial score (nSPS) is 13.2. The van der Waals surface area contributed by atoms with Gasteiger partial charge in [0.1, 0.15) is 36.3 Å². The summed E-state index contributed by atoms with van der Waals surface area (Å²) in [6.45, 7) is 0.450. The molecule has 0 spiro atoms. The zero-order valence-corrected chi connectivity index (χ0v) is 44.1. The van der Waals surface area contributed by atoms with Crippen LogP contribution in [0.2, 0.25) is 0 Å². The van der Waals surface area contributed by atoms with E-state index in [1.54, 1.807) is 0 Å². The second-order valence-corrected chi connectivity index (χ2v) is 17.5. The van der Waals surface area contributed by atoms with Gasteiger partial charge in [0.05, 0.1) is 6.04 Å². The monoisotopic (exact) mass is 1110 g/mol. The Kier molecular flexibility index (Phi) is 35.0. The van der Waals surface area contributed by atoms with E-state index < -0.39 is 83.6 Å². The molecule has 442 valence electrons. The number of carbonyl (C=O) groups excluding carboxylic acids is 7. The minimum atomic E-state index is -1.45. The Morgan fingerprint density at radius 3 is 0.615 bits per heavy atom. The molecule has 36 heteroatoms. The lowest BCUT2D eigenvalue weighted by molar-refractivity contribution is -0.135. The van der Waals surface area contributed by atoms with Gasteiger partial charge < -0.3 is 124 Å².